The van der Waals surface area contributed by atoms with Crippen LogP contribution >= 0.6 is 0 Å². The molecule has 1 amide bonds. The standard InChI is InChI=1S/C23H25FN6O/c24-18-11-16(8-9-19(18)25)20-12-21(29-23(26)28-20)30-10-4-7-17(14-30)22(31)27-13-15-5-2-1-3-6-15/h1-3,5-6,8-9,11-12,17H,4,7,10,13-14,25H2,(H,27,31)(H2,26,28,29)/t17-/m0/s1. The van der Waals surface area contributed by atoms with Crippen LogP contribution < -0.4 is 21.7 Å². The fourth-order valence-corrected chi connectivity index (χ4v) is 3.78. The molecule has 1 atom stereocenters. The molecule has 160 valence electrons. The molecule has 0 saturated carbocycles. The smallest absolute Gasteiger partial charge is 0.225 e. The van der Waals surface area contributed by atoms with Crippen molar-refractivity contribution < 1.29 is 9.18 Å². The molecule has 5 N–H and O–H groups in total. The molecule has 4 rings (SSSR count). The van der Waals surface area contributed by atoms with E-state index in [0.717, 1.165) is 24.9 Å². The molecule has 0 spiro atoms. The number of amides is 1. The summed E-state index contributed by atoms with van der Waals surface area (Å²) in [6.07, 6.45) is 1.67. The molecule has 31 heavy (non-hydrogen) atoms. The van der Waals surface area contributed by atoms with E-state index in [-0.39, 0.29) is 23.5 Å². The lowest BCUT2D eigenvalue weighted by Gasteiger charge is -2.33. The van der Waals surface area contributed by atoms with E-state index < -0.39 is 5.82 Å². The second kappa shape index (κ2) is 8.99. The van der Waals surface area contributed by atoms with E-state index in [2.05, 4.69) is 15.3 Å². The predicted octanol–water partition coefficient (Wildman–Crippen LogP) is 2.98. The minimum atomic E-state index is -0.510. The number of nitrogen functional groups attached to an aromatic ring is 2. The first-order chi connectivity index (χ1) is 15.0. The van der Waals surface area contributed by atoms with Crippen LogP contribution in [0.4, 0.5) is 21.8 Å². The van der Waals surface area contributed by atoms with Crippen LogP contribution in [0.2, 0.25) is 0 Å². The first-order valence-electron chi connectivity index (χ1n) is 10.3. The van der Waals surface area contributed by atoms with Gasteiger partial charge in [0, 0.05) is 31.3 Å². The molecule has 2 aromatic carbocycles. The average Bonchev–Trinajstić information content (AvgIpc) is 2.79. The number of carbonyl (C=O) groups is 1. The number of anilines is 3. The summed E-state index contributed by atoms with van der Waals surface area (Å²) < 4.78 is 13.9. The van der Waals surface area contributed by atoms with Crippen LogP contribution in [0.15, 0.2) is 54.6 Å². The van der Waals surface area contributed by atoms with Gasteiger partial charge in [-0.1, -0.05) is 36.4 Å². The third-order valence-corrected chi connectivity index (χ3v) is 5.45. The number of carbonyl (C=O) groups excluding carboxylic acids is 1. The van der Waals surface area contributed by atoms with E-state index in [1.54, 1.807) is 12.1 Å². The van der Waals surface area contributed by atoms with Crippen LogP contribution in [0.3, 0.4) is 0 Å². The highest BCUT2D eigenvalue weighted by Crippen LogP contribution is 2.28. The van der Waals surface area contributed by atoms with Crippen LogP contribution in [-0.2, 0) is 11.3 Å². The molecular weight excluding hydrogens is 395 g/mol. The minimum absolute atomic E-state index is 0.0245. The molecule has 1 fully saturated rings. The Morgan fingerprint density at radius 1 is 1.13 bits per heavy atom. The summed E-state index contributed by atoms with van der Waals surface area (Å²) in [6, 6.07) is 16.1. The third kappa shape index (κ3) is 4.91. The van der Waals surface area contributed by atoms with Gasteiger partial charge in [-0.2, -0.15) is 4.98 Å². The Kier molecular flexibility index (Phi) is 5.97. The highest BCUT2D eigenvalue weighted by atomic mass is 19.1. The number of benzene rings is 2. The highest BCUT2D eigenvalue weighted by Gasteiger charge is 2.27. The zero-order valence-electron chi connectivity index (χ0n) is 17.1. The minimum Gasteiger partial charge on any atom is -0.396 e. The predicted molar refractivity (Wildman–Crippen MR) is 119 cm³/mol. The van der Waals surface area contributed by atoms with Crippen LogP contribution in [0, 0.1) is 11.7 Å². The van der Waals surface area contributed by atoms with Crippen molar-refractivity contribution >= 4 is 23.4 Å². The van der Waals surface area contributed by atoms with E-state index in [0.29, 0.717) is 30.2 Å². The van der Waals surface area contributed by atoms with Gasteiger partial charge in [0.2, 0.25) is 11.9 Å². The Labute approximate surface area is 180 Å². The van der Waals surface area contributed by atoms with Gasteiger partial charge < -0.3 is 21.7 Å². The first kappa shape index (κ1) is 20.6. The second-order valence-electron chi connectivity index (χ2n) is 7.69. The van der Waals surface area contributed by atoms with Crippen LogP contribution in [-0.4, -0.2) is 29.0 Å². The Balaban J connectivity index is 1.48. The number of hydrogen-bond donors (Lipinski definition) is 3. The van der Waals surface area contributed by atoms with Gasteiger partial charge in [0.15, 0.2) is 0 Å². The van der Waals surface area contributed by atoms with E-state index in [1.807, 2.05) is 35.2 Å². The quantitative estimate of drug-likeness (QED) is 0.548. The molecule has 3 aromatic rings. The Bertz CT molecular complexity index is 1070. The van der Waals surface area contributed by atoms with E-state index in [4.69, 9.17) is 11.5 Å². The third-order valence-electron chi connectivity index (χ3n) is 5.45. The van der Waals surface area contributed by atoms with Crippen LogP contribution in [0.5, 0.6) is 0 Å². The van der Waals surface area contributed by atoms with Crippen molar-refractivity contribution in [3.05, 3.63) is 66.0 Å². The molecule has 7 nitrogen and oxygen atoms in total. The number of halogens is 1. The summed E-state index contributed by atoms with van der Waals surface area (Å²) in [6.45, 7) is 1.80. The molecule has 2 heterocycles. The molecule has 0 unspecified atom stereocenters. The van der Waals surface area contributed by atoms with Gasteiger partial charge >= 0.3 is 0 Å². The summed E-state index contributed by atoms with van der Waals surface area (Å²) in [7, 11) is 0. The van der Waals surface area contributed by atoms with Gasteiger partial charge in [-0.3, -0.25) is 4.79 Å². The van der Waals surface area contributed by atoms with Crippen molar-refractivity contribution in [1.82, 2.24) is 15.3 Å². The summed E-state index contributed by atoms with van der Waals surface area (Å²) in [5.41, 5.74) is 13.7. The molecule has 8 heteroatoms. The Morgan fingerprint density at radius 3 is 2.71 bits per heavy atom. The fraction of sp³-hybridized carbons (Fsp3) is 0.261. The van der Waals surface area contributed by atoms with Crippen LogP contribution in [0.25, 0.3) is 11.3 Å². The van der Waals surface area contributed by atoms with E-state index in [1.165, 1.54) is 12.1 Å². The first-order valence-corrected chi connectivity index (χ1v) is 10.3. The zero-order chi connectivity index (χ0) is 21.8. The number of rotatable bonds is 5. The number of nitrogens with one attached hydrogen (secondary N) is 1. The van der Waals surface area contributed by atoms with Crippen molar-refractivity contribution in [3.63, 3.8) is 0 Å². The zero-order valence-corrected chi connectivity index (χ0v) is 17.1. The van der Waals surface area contributed by atoms with E-state index in [9.17, 15) is 9.18 Å². The molecule has 0 bridgehead atoms. The fourth-order valence-electron chi connectivity index (χ4n) is 3.78. The van der Waals surface area contributed by atoms with E-state index >= 15 is 0 Å². The van der Waals surface area contributed by atoms with Gasteiger partial charge in [0.05, 0.1) is 17.3 Å². The summed E-state index contributed by atoms with van der Waals surface area (Å²) in [5, 5.41) is 3.02. The highest BCUT2D eigenvalue weighted by molar-refractivity contribution is 5.79. The van der Waals surface area contributed by atoms with Gasteiger partial charge in [-0.15, -0.1) is 0 Å². The van der Waals surface area contributed by atoms with Crippen molar-refractivity contribution in [3.8, 4) is 11.3 Å². The molecule has 0 aliphatic carbocycles. The maximum absolute atomic E-state index is 13.9. The number of aromatic nitrogens is 2. The summed E-state index contributed by atoms with van der Waals surface area (Å²) in [4.78, 5) is 23.4. The Morgan fingerprint density at radius 2 is 1.94 bits per heavy atom. The van der Waals surface area contributed by atoms with Gasteiger partial charge in [0.1, 0.15) is 11.6 Å². The molecule has 1 aromatic heterocycles. The molecular formula is C23H25FN6O. The maximum Gasteiger partial charge on any atom is 0.225 e. The normalized spacial score (nSPS) is 16.2. The average molecular weight is 420 g/mol. The van der Waals surface area contributed by atoms with Crippen molar-refractivity contribution in [2.75, 3.05) is 29.5 Å². The Hall–Kier alpha value is -3.68. The molecule has 0 radical (unpaired) electrons. The van der Waals surface area contributed by atoms with Crippen molar-refractivity contribution in [2.45, 2.75) is 19.4 Å². The molecule has 1 saturated heterocycles. The molecule has 1 aliphatic rings. The van der Waals surface area contributed by atoms with Gasteiger partial charge in [0.25, 0.3) is 0 Å². The number of nitrogens with zero attached hydrogens (tertiary/aromatic N) is 3. The lowest BCUT2D eigenvalue weighted by atomic mass is 9.97. The number of piperidine rings is 1. The topological polar surface area (TPSA) is 110 Å². The lowest BCUT2D eigenvalue weighted by Crippen LogP contribution is -2.43. The van der Waals surface area contributed by atoms with Crippen molar-refractivity contribution in [2.24, 2.45) is 5.92 Å². The molecule has 1 aliphatic heterocycles. The number of hydrogen-bond acceptors (Lipinski definition) is 6. The monoisotopic (exact) mass is 420 g/mol. The lowest BCUT2D eigenvalue weighted by molar-refractivity contribution is -0.125. The van der Waals surface area contributed by atoms with Crippen LogP contribution in [0.1, 0.15) is 18.4 Å². The largest absolute Gasteiger partial charge is 0.396 e. The maximum atomic E-state index is 13.9. The summed E-state index contributed by atoms with van der Waals surface area (Å²) in [5.74, 6) is 0.0903. The van der Waals surface area contributed by atoms with Crippen molar-refractivity contribution in [1.29, 1.82) is 0 Å². The van der Waals surface area contributed by atoms with Gasteiger partial charge in [-0.05, 0) is 30.5 Å². The van der Waals surface area contributed by atoms with Gasteiger partial charge in [-0.25, -0.2) is 9.37 Å². The SMILES string of the molecule is Nc1nc(-c2ccc(N)c(F)c2)cc(N2CCC[C@H](C(=O)NCc3ccccc3)C2)n1. The second-order valence-corrected chi connectivity index (χ2v) is 7.69. The summed E-state index contributed by atoms with van der Waals surface area (Å²) >= 11 is 0. The number of nitrogens with two attached hydrogens (primary N) is 2.